The van der Waals surface area contributed by atoms with Crippen LogP contribution in [0.4, 0.5) is 0 Å². The Labute approximate surface area is 111 Å². The van der Waals surface area contributed by atoms with Crippen molar-refractivity contribution in [3.63, 3.8) is 0 Å². The molecular formula is C11H26N4O2S. The number of hydrogen-bond donors (Lipinski definition) is 1. The molecule has 0 amide bonds. The number of nitrogens with two attached hydrogens (primary N) is 1. The molecular weight excluding hydrogens is 252 g/mol. The Kier molecular flexibility index (Phi) is 6.00. The van der Waals surface area contributed by atoms with Gasteiger partial charge in [0.05, 0.1) is 0 Å². The summed E-state index contributed by atoms with van der Waals surface area (Å²) >= 11 is 0. The predicted octanol–water partition coefficient (Wildman–Crippen LogP) is -0.462. The largest absolute Gasteiger partial charge is 0.330 e. The zero-order valence-electron chi connectivity index (χ0n) is 11.7. The fourth-order valence-electron chi connectivity index (χ4n) is 2.37. The summed E-state index contributed by atoms with van der Waals surface area (Å²) in [6, 6.07) is 0.485. The van der Waals surface area contributed by atoms with Crippen LogP contribution in [0.1, 0.15) is 19.8 Å². The van der Waals surface area contributed by atoms with Crippen molar-refractivity contribution in [2.24, 2.45) is 5.73 Å². The van der Waals surface area contributed by atoms with Crippen molar-refractivity contribution in [2.45, 2.75) is 25.8 Å². The summed E-state index contributed by atoms with van der Waals surface area (Å²) in [5.41, 5.74) is 5.61. The molecule has 0 saturated carbocycles. The monoisotopic (exact) mass is 278 g/mol. The van der Waals surface area contributed by atoms with Crippen LogP contribution in [0.15, 0.2) is 0 Å². The van der Waals surface area contributed by atoms with Crippen molar-refractivity contribution in [3.8, 4) is 0 Å². The van der Waals surface area contributed by atoms with Gasteiger partial charge in [0.25, 0.3) is 10.2 Å². The maximum atomic E-state index is 12.0. The highest BCUT2D eigenvalue weighted by molar-refractivity contribution is 7.86. The number of rotatable bonds is 6. The van der Waals surface area contributed by atoms with Crippen LogP contribution >= 0.6 is 0 Å². The Hall–Kier alpha value is -0.210. The molecule has 2 N–H and O–H groups in total. The van der Waals surface area contributed by atoms with Crippen LogP contribution in [0.2, 0.25) is 0 Å². The van der Waals surface area contributed by atoms with Gasteiger partial charge in [-0.2, -0.15) is 17.0 Å². The number of nitrogens with zero attached hydrogens (tertiary/aromatic N) is 3. The van der Waals surface area contributed by atoms with Gasteiger partial charge in [-0.05, 0) is 19.4 Å². The minimum absolute atomic E-state index is 0.485. The topological polar surface area (TPSA) is 69.9 Å². The molecule has 1 rings (SSSR count). The van der Waals surface area contributed by atoms with E-state index in [1.807, 2.05) is 0 Å². The summed E-state index contributed by atoms with van der Waals surface area (Å²) in [5.74, 6) is 0. The van der Waals surface area contributed by atoms with E-state index in [1.54, 1.807) is 18.4 Å². The zero-order valence-corrected chi connectivity index (χ0v) is 12.5. The zero-order chi connectivity index (χ0) is 13.8. The van der Waals surface area contributed by atoms with Gasteiger partial charge in [0.1, 0.15) is 0 Å². The van der Waals surface area contributed by atoms with Crippen LogP contribution < -0.4 is 5.73 Å². The lowest BCUT2D eigenvalue weighted by molar-refractivity contribution is 0.126. The number of piperazine rings is 1. The van der Waals surface area contributed by atoms with E-state index in [0.29, 0.717) is 25.7 Å². The molecule has 0 aromatic heterocycles. The highest BCUT2D eigenvalue weighted by Gasteiger charge is 2.30. The van der Waals surface area contributed by atoms with Gasteiger partial charge in [-0.25, -0.2) is 0 Å². The van der Waals surface area contributed by atoms with Gasteiger partial charge in [0, 0.05) is 46.3 Å². The second-order valence-electron chi connectivity index (χ2n) is 4.86. The first kappa shape index (κ1) is 15.8. The van der Waals surface area contributed by atoms with Gasteiger partial charge >= 0.3 is 0 Å². The Morgan fingerprint density at radius 1 is 1.22 bits per heavy atom. The van der Waals surface area contributed by atoms with Crippen molar-refractivity contribution in [3.05, 3.63) is 0 Å². The average Bonchev–Trinajstić information content (AvgIpc) is 2.36. The maximum Gasteiger partial charge on any atom is 0.281 e. The Morgan fingerprint density at radius 3 is 2.17 bits per heavy atom. The molecule has 1 heterocycles. The van der Waals surface area contributed by atoms with Crippen molar-refractivity contribution < 1.29 is 8.42 Å². The van der Waals surface area contributed by atoms with Gasteiger partial charge < -0.3 is 5.73 Å². The van der Waals surface area contributed by atoms with E-state index in [-0.39, 0.29) is 0 Å². The lowest BCUT2D eigenvalue weighted by Gasteiger charge is -2.39. The van der Waals surface area contributed by atoms with Crippen LogP contribution in [0.25, 0.3) is 0 Å². The van der Waals surface area contributed by atoms with Gasteiger partial charge in [-0.1, -0.05) is 6.92 Å². The molecule has 0 spiro atoms. The summed E-state index contributed by atoms with van der Waals surface area (Å²) in [6.45, 7) is 5.58. The van der Waals surface area contributed by atoms with Crippen molar-refractivity contribution in [1.29, 1.82) is 0 Å². The summed E-state index contributed by atoms with van der Waals surface area (Å²) in [4.78, 5) is 2.36. The molecule has 0 aromatic rings. The van der Waals surface area contributed by atoms with Crippen LogP contribution in [0.3, 0.4) is 0 Å². The molecule has 1 unspecified atom stereocenters. The summed E-state index contributed by atoms with van der Waals surface area (Å²) < 4.78 is 26.8. The van der Waals surface area contributed by atoms with Crippen LogP contribution in [-0.4, -0.2) is 74.8 Å². The molecule has 1 atom stereocenters. The fraction of sp³-hybridized carbons (Fsp3) is 1.00. The molecule has 1 fully saturated rings. The Balaban J connectivity index is 2.55. The molecule has 0 bridgehead atoms. The summed E-state index contributed by atoms with van der Waals surface area (Å²) in [5, 5.41) is 0. The minimum Gasteiger partial charge on any atom is -0.330 e. The van der Waals surface area contributed by atoms with E-state index < -0.39 is 10.2 Å². The molecule has 108 valence electrons. The van der Waals surface area contributed by atoms with E-state index >= 15 is 0 Å². The molecule has 7 heteroatoms. The van der Waals surface area contributed by atoms with Gasteiger partial charge in [-0.15, -0.1) is 0 Å². The molecule has 1 saturated heterocycles. The molecule has 0 aromatic carbocycles. The standard InChI is InChI=1S/C11H26N4O2S/c1-4-11(5-6-12)14-7-9-15(10-8-14)18(16,17)13(2)3/h11H,4-10,12H2,1-3H3. The van der Waals surface area contributed by atoms with E-state index in [4.69, 9.17) is 5.73 Å². The average molecular weight is 278 g/mol. The van der Waals surface area contributed by atoms with E-state index in [1.165, 1.54) is 4.31 Å². The summed E-state index contributed by atoms with van der Waals surface area (Å²) in [7, 11) is -0.104. The first-order chi connectivity index (χ1) is 8.43. The fourth-order valence-corrected chi connectivity index (χ4v) is 3.45. The summed E-state index contributed by atoms with van der Waals surface area (Å²) in [6.07, 6.45) is 2.05. The third-order valence-corrected chi connectivity index (χ3v) is 5.49. The van der Waals surface area contributed by atoms with E-state index in [9.17, 15) is 8.42 Å². The second kappa shape index (κ2) is 6.81. The normalized spacial score (nSPS) is 21.4. The van der Waals surface area contributed by atoms with E-state index in [2.05, 4.69) is 11.8 Å². The highest BCUT2D eigenvalue weighted by atomic mass is 32.2. The van der Waals surface area contributed by atoms with Crippen molar-refractivity contribution in [1.82, 2.24) is 13.5 Å². The molecule has 1 aliphatic rings. The first-order valence-corrected chi connectivity index (χ1v) is 7.94. The Morgan fingerprint density at radius 2 is 1.78 bits per heavy atom. The second-order valence-corrected chi connectivity index (χ2v) is 7.01. The molecule has 0 aliphatic carbocycles. The third-order valence-electron chi connectivity index (χ3n) is 3.55. The first-order valence-electron chi connectivity index (χ1n) is 6.55. The quantitative estimate of drug-likeness (QED) is 0.714. The van der Waals surface area contributed by atoms with Crippen LogP contribution in [-0.2, 0) is 10.2 Å². The molecule has 18 heavy (non-hydrogen) atoms. The van der Waals surface area contributed by atoms with Gasteiger partial charge in [-0.3, -0.25) is 4.90 Å². The highest BCUT2D eigenvalue weighted by Crippen LogP contribution is 2.14. The third kappa shape index (κ3) is 3.64. The van der Waals surface area contributed by atoms with Crippen LogP contribution in [0, 0.1) is 0 Å². The smallest absolute Gasteiger partial charge is 0.281 e. The van der Waals surface area contributed by atoms with E-state index in [0.717, 1.165) is 25.9 Å². The molecule has 0 radical (unpaired) electrons. The molecule has 1 aliphatic heterocycles. The SMILES string of the molecule is CCC(CCN)N1CCN(S(=O)(=O)N(C)C)CC1. The van der Waals surface area contributed by atoms with Crippen molar-refractivity contribution in [2.75, 3.05) is 46.8 Å². The van der Waals surface area contributed by atoms with Gasteiger partial charge in [0.2, 0.25) is 0 Å². The lowest BCUT2D eigenvalue weighted by Crippen LogP contribution is -2.54. The predicted molar refractivity (Wildman–Crippen MR) is 73.5 cm³/mol. The van der Waals surface area contributed by atoms with Crippen LogP contribution in [0.5, 0.6) is 0 Å². The number of hydrogen-bond acceptors (Lipinski definition) is 4. The molecule has 6 nitrogen and oxygen atoms in total. The maximum absolute atomic E-state index is 12.0. The van der Waals surface area contributed by atoms with Gasteiger partial charge in [0.15, 0.2) is 0 Å². The Bertz CT molecular complexity index is 337. The lowest BCUT2D eigenvalue weighted by atomic mass is 10.1. The minimum atomic E-state index is -3.25. The van der Waals surface area contributed by atoms with Crippen molar-refractivity contribution >= 4 is 10.2 Å².